The minimum absolute atomic E-state index is 0.414. The van der Waals surface area contributed by atoms with E-state index in [9.17, 15) is 0 Å². The molecule has 2 rings (SSSR count). The minimum Gasteiger partial charge on any atom is -0.377 e. The van der Waals surface area contributed by atoms with Crippen LogP contribution in [-0.2, 0) is 10.5 Å². The van der Waals surface area contributed by atoms with E-state index in [1.807, 2.05) is 23.9 Å². The average Bonchev–Trinajstić information content (AvgIpc) is 2.84. The van der Waals surface area contributed by atoms with Crippen molar-refractivity contribution in [3.63, 3.8) is 0 Å². The van der Waals surface area contributed by atoms with E-state index in [0.29, 0.717) is 16.7 Å². The normalized spacial score (nSPS) is 19.2. The molecule has 1 unspecified atom stereocenters. The van der Waals surface area contributed by atoms with Crippen molar-refractivity contribution < 1.29 is 4.74 Å². The topological polar surface area (TPSA) is 33.0 Å². The highest BCUT2D eigenvalue weighted by atomic mass is 35.5. The third-order valence-electron chi connectivity index (χ3n) is 2.77. The maximum absolute atomic E-state index is 8.74. The van der Waals surface area contributed by atoms with Crippen LogP contribution in [0.25, 0.3) is 0 Å². The number of ether oxygens (including phenoxy) is 1. The maximum Gasteiger partial charge on any atom is 0.0992 e. The molecule has 0 spiro atoms. The highest BCUT2D eigenvalue weighted by Crippen LogP contribution is 2.25. The molecule has 1 aliphatic rings. The fraction of sp³-hybridized carbons (Fsp3) is 0.462. The van der Waals surface area contributed by atoms with Crippen molar-refractivity contribution >= 4 is 23.4 Å². The Morgan fingerprint density at radius 3 is 3.06 bits per heavy atom. The van der Waals surface area contributed by atoms with Crippen molar-refractivity contribution in [2.75, 3.05) is 12.4 Å². The lowest BCUT2D eigenvalue weighted by Crippen LogP contribution is -2.07. The summed E-state index contributed by atoms with van der Waals surface area (Å²) in [6, 6.07) is 7.56. The van der Waals surface area contributed by atoms with E-state index in [2.05, 4.69) is 6.07 Å². The second-order valence-corrected chi connectivity index (χ2v) is 5.51. The highest BCUT2D eigenvalue weighted by molar-refractivity contribution is 7.98. The van der Waals surface area contributed by atoms with Crippen LogP contribution in [0.3, 0.4) is 0 Å². The molecule has 1 aliphatic heterocycles. The number of benzene rings is 1. The molecule has 1 aromatic rings. The van der Waals surface area contributed by atoms with Gasteiger partial charge in [0.15, 0.2) is 0 Å². The molecule has 90 valence electrons. The van der Waals surface area contributed by atoms with Gasteiger partial charge in [-0.1, -0.05) is 17.7 Å². The second-order valence-electron chi connectivity index (χ2n) is 4.07. The molecule has 17 heavy (non-hydrogen) atoms. The van der Waals surface area contributed by atoms with Gasteiger partial charge in [0, 0.05) is 23.1 Å². The van der Waals surface area contributed by atoms with Crippen molar-refractivity contribution in [2.24, 2.45) is 0 Å². The van der Waals surface area contributed by atoms with Crippen molar-refractivity contribution in [3.05, 3.63) is 34.3 Å². The molecule has 0 aromatic heterocycles. The van der Waals surface area contributed by atoms with Gasteiger partial charge in [0.2, 0.25) is 0 Å². The maximum atomic E-state index is 8.74. The summed E-state index contributed by atoms with van der Waals surface area (Å²) in [6.07, 6.45) is 2.77. The third kappa shape index (κ3) is 3.64. The zero-order chi connectivity index (χ0) is 12.1. The molecule has 1 fully saturated rings. The van der Waals surface area contributed by atoms with Gasteiger partial charge in [0.05, 0.1) is 17.7 Å². The molecular formula is C13H14ClNOS. The van der Waals surface area contributed by atoms with Crippen LogP contribution in [0.5, 0.6) is 0 Å². The summed E-state index contributed by atoms with van der Waals surface area (Å²) in [5, 5.41) is 9.43. The fourth-order valence-electron chi connectivity index (χ4n) is 1.81. The van der Waals surface area contributed by atoms with Gasteiger partial charge in [-0.15, -0.1) is 0 Å². The first-order valence-corrected chi connectivity index (χ1v) is 7.21. The molecular weight excluding hydrogens is 254 g/mol. The van der Waals surface area contributed by atoms with E-state index in [0.717, 1.165) is 23.7 Å². The Balaban J connectivity index is 1.84. The molecule has 0 amide bonds. The van der Waals surface area contributed by atoms with Gasteiger partial charge < -0.3 is 4.74 Å². The van der Waals surface area contributed by atoms with Crippen LogP contribution in [0.15, 0.2) is 18.2 Å². The molecule has 1 heterocycles. The van der Waals surface area contributed by atoms with Crippen LogP contribution < -0.4 is 0 Å². The van der Waals surface area contributed by atoms with Gasteiger partial charge in [-0.3, -0.25) is 0 Å². The summed E-state index contributed by atoms with van der Waals surface area (Å²) in [4.78, 5) is 0. The molecule has 0 aliphatic carbocycles. The van der Waals surface area contributed by atoms with E-state index < -0.39 is 0 Å². The fourth-order valence-corrected chi connectivity index (χ4v) is 3.25. The number of halogens is 1. The molecule has 0 N–H and O–H groups in total. The number of hydrogen-bond acceptors (Lipinski definition) is 3. The first kappa shape index (κ1) is 12.8. The smallest absolute Gasteiger partial charge is 0.0992 e. The largest absolute Gasteiger partial charge is 0.377 e. The predicted molar refractivity (Wildman–Crippen MR) is 71.3 cm³/mol. The lowest BCUT2D eigenvalue weighted by atomic mass is 10.2. The predicted octanol–water partition coefficient (Wildman–Crippen LogP) is 3.62. The molecule has 0 saturated carbocycles. The van der Waals surface area contributed by atoms with E-state index in [-0.39, 0.29) is 0 Å². The number of rotatable bonds is 4. The van der Waals surface area contributed by atoms with Gasteiger partial charge in [0.1, 0.15) is 0 Å². The summed E-state index contributed by atoms with van der Waals surface area (Å²) >= 11 is 7.95. The number of nitriles is 1. The van der Waals surface area contributed by atoms with Crippen LogP contribution >= 0.6 is 23.4 Å². The Hall–Kier alpha value is -0.690. The third-order valence-corrected chi connectivity index (χ3v) is 4.24. The van der Waals surface area contributed by atoms with Crippen molar-refractivity contribution in [2.45, 2.75) is 24.7 Å². The van der Waals surface area contributed by atoms with Gasteiger partial charge in [-0.05, 0) is 30.5 Å². The first-order valence-electron chi connectivity index (χ1n) is 5.67. The SMILES string of the molecule is N#Cc1ccc(CSCC2CCCO2)c(Cl)c1. The quantitative estimate of drug-likeness (QED) is 0.835. The van der Waals surface area contributed by atoms with E-state index >= 15 is 0 Å². The van der Waals surface area contributed by atoms with Crippen molar-refractivity contribution in [1.82, 2.24) is 0 Å². The molecule has 1 saturated heterocycles. The van der Waals surface area contributed by atoms with Gasteiger partial charge in [0.25, 0.3) is 0 Å². The van der Waals surface area contributed by atoms with E-state index in [1.165, 1.54) is 12.8 Å². The van der Waals surface area contributed by atoms with Crippen molar-refractivity contribution in [1.29, 1.82) is 5.26 Å². The zero-order valence-electron chi connectivity index (χ0n) is 9.49. The summed E-state index contributed by atoms with van der Waals surface area (Å²) < 4.78 is 5.56. The molecule has 0 radical (unpaired) electrons. The standard InChI is InChI=1S/C13H14ClNOS/c14-13-6-10(7-15)3-4-11(13)8-17-9-12-2-1-5-16-12/h3-4,6,12H,1-2,5,8-9H2. The van der Waals surface area contributed by atoms with Crippen molar-refractivity contribution in [3.8, 4) is 6.07 Å². The van der Waals surface area contributed by atoms with Gasteiger partial charge in [-0.25, -0.2) is 0 Å². The Bertz CT molecular complexity index is 424. The van der Waals surface area contributed by atoms with Gasteiger partial charge >= 0.3 is 0 Å². The van der Waals surface area contributed by atoms with Gasteiger partial charge in [-0.2, -0.15) is 17.0 Å². The number of thioether (sulfide) groups is 1. The van der Waals surface area contributed by atoms with Crippen LogP contribution in [0, 0.1) is 11.3 Å². The summed E-state index contributed by atoms with van der Waals surface area (Å²) in [5.41, 5.74) is 1.71. The Kier molecular flexibility index (Phi) is 4.73. The number of nitrogens with zero attached hydrogens (tertiary/aromatic N) is 1. The highest BCUT2D eigenvalue weighted by Gasteiger charge is 2.15. The van der Waals surface area contributed by atoms with Crippen LogP contribution in [0.1, 0.15) is 24.0 Å². The minimum atomic E-state index is 0.414. The summed E-state index contributed by atoms with van der Waals surface area (Å²) in [6.45, 7) is 0.906. The molecule has 0 bridgehead atoms. The summed E-state index contributed by atoms with van der Waals surface area (Å²) in [5.74, 6) is 1.90. The van der Waals surface area contributed by atoms with Crippen LogP contribution in [0.2, 0.25) is 5.02 Å². The molecule has 1 aromatic carbocycles. The Morgan fingerprint density at radius 1 is 1.53 bits per heavy atom. The lowest BCUT2D eigenvalue weighted by molar-refractivity contribution is 0.129. The lowest BCUT2D eigenvalue weighted by Gasteiger charge is -2.09. The average molecular weight is 268 g/mol. The van der Waals surface area contributed by atoms with Crippen LogP contribution in [-0.4, -0.2) is 18.5 Å². The Morgan fingerprint density at radius 2 is 2.41 bits per heavy atom. The van der Waals surface area contributed by atoms with E-state index in [1.54, 1.807) is 6.07 Å². The second kappa shape index (κ2) is 6.30. The molecule has 4 heteroatoms. The molecule has 1 atom stereocenters. The Labute approximate surface area is 111 Å². The van der Waals surface area contributed by atoms with Crippen LogP contribution in [0.4, 0.5) is 0 Å². The number of hydrogen-bond donors (Lipinski definition) is 0. The summed E-state index contributed by atoms with van der Waals surface area (Å²) in [7, 11) is 0. The first-order chi connectivity index (χ1) is 8.29. The molecule has 2 nitrogen and oxygen atoms in total. The monoisotopic (exact) mass is 267 g/mol. The van der Waals surface area contributed by atoms with E-state index in [4.69, 9.17) is 21.6 Å². The zero-order valence-corrected chi connectivity index (χ0v) is 11.1.